The maximum Gasteiger partial charge on any atom is 0.232 e. The number of sulfonamides is 1. The quantitative estimate of drug-likeness (QED) is 0.686. The Labute approximate surface area is 168 Å². The van der Waals surface area contributed by atoms with E-state index in [2.05, 4.69) is 5.32 Å². The molecule has 0 unspecified atom stereocenters. The zero-order valence-electron chi connectivity index (χ0n) is 17.1. The first kappa shape index (κ1) is 22.0. The van der Waals surface area contributed by atoms with Crippen molar-refractivity contribution < 1.29 is 13.2 Å². The molecule has 6 heteroatoms. The minimum Gasteiger partial charge on any atom is -0.349 e. The number of nitrogens with one attached hydrogen (secondary N) is 1. The number of aryl methyl sites for hydroxylation is 2. The second-order valence-corrected chi connectivity index (χ2v) is 9.07. The molecule has 0 bridgehead atoms. The topological polar surface area (TPSA) is 66.5 Å². The van der Waals surface area contributed by atoms with Gasteiger partial charge in [-0.15, -0.1) is 0 Å². The van der Waals surface area contributed by atoms with Crippen molar-refractivity contribution in [2.75, 3.05) is 17.1 Å². The molecule has 0 aliphatic carbocycles. The van der Waals surface area contributed by atoms with E-state index in [1.54, 1.807) is 0 Å². The maximum absolute atomic E-state index is 12.4. The fourth-order valence-corrected chi connectivity index (χ4v) is 4.22. The van der Waals surface area contributed by atoms with Gasteiger partial charge in [0.2, 0.25) is 15.9 Å². The van der Waals surface area contributed by atoms with Gasteiger partial charge in [-0.3, -0.25) is 9.10 Å². The van der Waals surface area contributed by atoms with E-state index in [1.165, 1.54) is 10.6 Å². The average Bonchev–Trinajstić information content (AvgIpc) is 2.65. The molecule has 0 aliphatic heterocycles. The summed E-state index contributed by atoms with van der Waals surface area (Å²) < 4.78 is 26.0. The van der Waals surface area contributed by atoms with Gasteiger partial charge < -0.3 is 5.32 Å². The average molecular weight is 403 g/mol. The van der Waals surface area contributed by atoms with E-state index in [-0.39, 0.29) is 24.9 Å². The maximum atomic E-state index is 12.4. The zero-order valence-corrected chi connectivity index (χ0v) is 17.9. The van der Waals surface area contributed by atoms with Gasteiger partial charge >= 0.3 is 0 Å². The van der Waals surface area contributed by atoms with Gasteiger partial charge in [-0.1, -0.05) is 49.4 Å². The van der Waals surface area contributed by atoms with E-state index in [0.29, 0.717) is 12.1 Å². The number of rotatable bonds is 9. The van der Waals surface area contributed by atoms with Crippen LogP contribution in [-0.2, 0) is 14.8 Å². The lowest BCUT2D eigenvalue weighted by atomic mass is 10.0. The second kappa shape index (κ2) is 9.73. The Bertz CT molecular complexity index is 895. The van der Waals surface area contributed by atoms with Gasteiger partial charge in [0.15, 0.2) is 0 Å². The summed E-state index contributed by atoms with van der Waals surface area (Å²) in [5, 5.41) is 3.05. The molecule has 0 saturated carbocycles. The van der Waals surface area contributed by atoms with Crippen molar-refractivity contribution >= 4 is 21.6 Å². The van der Waals surface area contributed by atoms with Crippen LogP contribution in [0.1, 0.15) is 48.9 Å². The molecule has 0 aliphatic rings. The second-order valence-electron chi connectivity index (χ2n) is 7.17. The van der Waals surface area contributed by atoms with E-state index in [1.807, 2.05) is 69.3 Å². The molecule has 2 aromatic carbocycles. The third-order valence-corrected chi connectivity index (χ3v) is 5.92. The first-order valence-corrected chi connectivity index (χ1v) is 11.5. The Morgan fingerprint density at radius 1 is 1.11 bits per heavy atom. The molecular weight excluding hydrogens is 372 g/mol. The Balaban J connectivity index is 2.00. The Morgan fingerprint density at radius 3 is 2.39 bits per heavy atom. The molecule has 2 rings (SSSR count). The van der Waals surface area contributed by atoms with E-state index < -0.39 is 10.0 Å². The fraction of sp³-hybridized carbons (Fsp3) is 0.409. The molecule has 0 spiro atoms. The SMILES string of the molecule is CC[C@@H](NC(=O)CCCN(c1cc(C)ccc1C)S(C)(=O)=O)c1ccccc1. The summed E-state index contributed by atoms with van der Waals surface area (Å²) in [4.78, 5) is 12.4. The summed E-state index contributed by atoms with van der Waals surface area (Å²) in [6.45, 7) is 6.14. The van der Waals surface area contributed by atoms with Crippen LogP contribution in [0.15, 0.2) is 48.5 Å². The molecule has 5 nitrogen and oxygen atoms in total. The van der Waals surface area contributed by atoms with E-state index in [0.717, 1.165) is 23.1 Å². The van der Waals surface area contributed by atoms with Crippen LogP contribution >= 0.6 is 0 Å². The first-order valence-electron chi connectivity index (χ1n) is 9.61. The van der Waals surface area contributed by atoms with Crippen LogP contribution < -0.4 is 9.62 Å². The Kier molecular flexibility index (Phi) is 7.63. The molecule has 0 aromatic heterocycles. The van der Waals surface area contributed by atoms with Crippen molar-refractivity contribution in [3.05, 3.63) is 65.2 Å². The number of benzene rings is 2. The van der Waals surface area contributed by atoms with Crippen LogP contribution in [-0.4, -0.2) is 27.1 Å². The largest absolute Gasteiger partial charge is 0.349 e. The summed E-state index contributed by atoms with van der Waals surface area (Å²) in [5.74, 6) is -0.0647. The predicted molar refractivity (Wildman–Crippen MR) is 115 cm³/mol. The highest BCUT2D eigenvalue weighted by Crippen LogP contribution is 2.24. The van der Waals surface area contributed by atoms with Crippen molar-refractivity contribution in [3.63, 3.8) is 0 Å². The standard InChI is InChI=1S/C22H30N2O3S/c1-5-20(19-10-7-6-8-11-19)23-22(25)12-9-15-24(28(4,26)27)21-16-17(2)13-14-18(21)3/h6-8,10-11,13-14,16,20H,5,9,12,15H2,1-4H3,(H,23,25)/t20-/m1/s1. The van der Waals surface area contributed by atoms with Crippen LogP contribution in [0.3, 0.4) is 0 Å². The Hall–Kier alpha value is -2.34. The number of carbonyl (C=O) groups excluding carboxylic acids is 1. The zero-order chi connectivity index (χ0) is 20.7. The van der Waals surface area contributed by atoms with Gasteiger partial charge in [0.05, 0.1) is 18.0 Å². The highest BCUT2D eigenvalue weighted by Gasteiger charge is 2.20. The monoisotopic (exact) mass is 402 g/mol. The van der Waals surface area contributed by atoms with Crippen molar-refractivity contribution in [2.45, 2.75) is 46.1 Å². The number of carbonyl (C=O) groups is 1. The van der Waals surface area contributed by atoms with Crippen LogP contribution in [0.25, 0.3) is 0 Å². The minimum absolute atomic E-state index is 0.0290. The molecule has 0 fully saturated rings. The van der Waals surface area contributed by atoms with Crippen LogP contribution in [0, 0.1) is 13.8 Å². The van der Waals surface area contributed by atoms with Crippen LogP contribution in [0.4, 0.5) is 5.69 Å². The number of anilines is 1. The first-order chi connectivity index (χ1) is 13.2. The third kappa shape index (κ3) is 6.09. The molecule has 2 aromatic rings. The lowest BCUT2D eigenvalue weighted by Crippen LogP contribution is -2.33. The number of hydrogen-bond donors (Lipinski definition) is 1. The summed E-state index contributed by atoms with van der Waals surface area (Å²) in [6.07, 6.45) is 2.74. The molecule has 1 N–H and O–H groups in total. The molecule has 0 radical (unpaired) electrons. The molecule has 152 valence electrons. The number of amides is 1. The number of hydrogen-bond acceptors (Lipinski definition) is 3. The van der Waals surface area contributed by atoms with Crippen molar-refractivity contribution in [2.24, 2.45) is 0 Å². The molecule has 1 atom stereocenters. The van der Waals surface area contributed by atoms with Gasteiger partial charge in [0.1, 0.15) is 0 Å². The summed E-state index contributed by atoms with van der Waals surface area (Å²) in [5.41, 5.74) is 3.65. The Morgan fingerprint density at radius 2 is 1.79 bits per heavy atom. The summed E-state index contributed by atoms with van der Waals surface area (Å²) in [7, 11) is -3.42. The highest BCUT2D eigenvalue weighted by atomic mass is 32.2. The van der Waals surface area contributed by atoms with Gasteiger partial charge in [0.25, 0.3) is 0 Å². The third-order valence-electron chi connectivity index (χ3n) is 4.74. The molecule has 0 heterocycles. The van der Waals surface area contributed by atoms with E-state index in [4.69, 9.17) is 0 Å². The molecular formula is C22H30N2O3S. The lowest BCUT2D eigenvalue weighted by Gasteiger charge is -2.25. The van der Waals surface area contributed by atoms with Crippen LogP contribution in [0.2, 0.25) is 0 Å². The van der Waals surface area contributed by atoms with E-state index in [9.17, 15) is 13.2 Å². The number of nitrogens with zero attached hydrogens (tertiary/aromatic N) is 1. The normalized spacial score (nSPS) is 12.4. The molecule has 1 amide bonds. The van der Waals surface area contributed by atoms with Crippen molar-refractivity contribution in [1.82, 2.24) is 5.32 Å². The highest BCUT2D eigenvalue weighted by molar-refractivity contribution is 7.92. The van der Waals surface area contributed by atoms with E-state index >= 15 is 0 Å². The van der Waals surface area contributed by atoms with Gasteiger partial charge in [0, 0.05) is 13.0 Å². The summed E-state index contributed by atoms with van der Waals surface area (Å²) in [6, 6.07) is 15.6. The van der Waals surface area contributed by atoms with Crippen molar-refractivity contribution in [3.8, 4) is 0 Å². The van der Waals surface area contributed by atoms with Crippen LogP contribution in [0.5, 0.6) is 0 Å². The van der Waals surface area contributed by atoms with Gasteiger partial charge in [-0.05, 0) is 49.4 Å². The lowest BCUT2D eigenvalue weighted by molar-refractivity contribution is -0.121. The molecule has 0 saturated heterocycles. The smallest absolute Gasteiger partial charge is 0.232 e. The molecule has 28 heavy (non-hydrogen) atoms. The summed E-state index contributed by atoms with van der Waals surface area (Å²) >= 11 is 0. The fourth-order valence-electron chi connectivity index (χ4n) is 3.21. The minimum atomic E-state index is -3.42. The van der Waals surface area contributed by atoms with Gasteiger partial charge in [-0.2, -0.15) is 0 Å². The predicted octanol–water partition coefficient (Wildman–Crippen LogP) is 4.12. The van der Waals surface area contributed by atoms with Crippen molar-refractivity contribution in [1.29, 1.82) is 0 Å². The van der Waals surface area contributed by atoms with Gasteiger partial charge in [-0.25, -0.2) is 8.42 Å².